The van der Waals surface area contributed by atoms with E-state index in [1.165, 1.54) is 6.92 Å². The lowest BCUT2D eigenvalue weighted by molar-refractivity contribution is -0.402. The van der Waals surface area contributed by atoms with Crippen molar-refractivity contribution in [3.05, 3.63) is 0 Å². The fraction of sp³-hybridized carbons (Fsp3) is 0.941. The summed E-state index contributed by atoms with van der Waals surface area (Å²) in [7, 11) is -5.47. The van der Waals surface area contributed by atoms with E-state index in [9.17, 15) is 88.9 Å². The van der Waals surface area contributed by atoms with Gasteiger partial charge in [0.1, 0.15) is 116 Å². The number of amides is 2. The maximum Gasteiger partial charge on any atom is 0.397 e. The zero-order valence-electron chi connectivity index (χ0n) is 34.6. The van der Waals surface area contributed by atoms with Crippen molar-refractivity contribution in [1.29, 1.82) is 0 Å². The van der Waals surface area contributed by atoms with Gasteiger partial charge in [0.15, 0.2) is 31.5 Å². The van der Waals surface area contributed by atoms with Gasteiger partial charge >= 0.3 is 10.4 Å². The Bertz CT molecular complexity index is 1670. The van der Waals surface area contributed by atoms with Crippen LogP contribution in [-0.2, 0) is 66.8 Å². The zero-order valence-corrected chi connectivity index (χ0v) is 35.5. The van der Waals surface area contributed by atoms with Gasteiger partial charge < -0.3 is 120 Å². The van der Waals surface area contributed by atoms with E-state index in [1.54, 1.807) is 0 Å². The van der Waals surface area contributed by atoms with E-state index >= 15 is 0 Å². The Labute approximate surface area is 368 Å². The van der Waals surface area contributed by atoms with Crippen molar-refractivity contribution in [3.63, 3.8) is 0 Å². The molecule has 0 spiro atoms. The molecule has 0 aromatic carbocycles. The Morgan fingerprint density at radius 1 is 0.508 bits per heavy atom. The average Bonchev–Trinajstić information content (AvgIpc) is 3.23. The van der Waals surface area contributed by atoms with Crippen molar-refractivity contribution in [2.45, 2.75) is 174 Å². The largest absolute Gasteiger partial charge is 0.397 e. The Balaban J connectivity index is 1.61. The van der Waals surface area contributed by atoms with Gasteiger partial charge in [-0.1, -0.05) is 0 Å². The van der Waals surface area contributed by atoms with E-state index in [1.807, 2.05) is 0 Å². The molecule has 5 saturated heterocycles. The number of ether oxygens (including phenoxy) is 9. The van der Waals surface area contributed by atoms with Crippen LogP contribution in [0.5, 0.6) is 0 Å². The van der Waals surface area contributed by atoms with E-state index < -0.39 is 202 Å². The fourth-order valence-corrected chi connectivity index (χ4v) is 8.39. The highest BCUT2D eigenvalue weighted by Gasteiger charge is 2.58. The number of aliphatic hydroxyl groups is 13. The second-order valence-electron chi connectivity index (χ2n) is 15.9. The number of carbonyl (C=O) groups excluding carboxylic acids is 2. The molecule has 378 valence electrons. The maximum absolute atomic E-state index is 12.3. The normalized spacial score (nSPS) is 47.5. The van der Waals surface area contributed by atoms with Crippen LogP contribution in [0.15, 0.2) is 0 Å². The van der Waals surface area contributed by atoms with Crippen LogP contribution in [0.4, 0.5) is 0 Å². The van der Waals surface area contributed by atoms with Crippen molar-refractivity contribution in [2.75, 3.05) is 26.4 Å². The molecule has 5 rings (SSSR count). The minimum Gasteiger partial charge on any atom is -0.394 e. The third-order valence-corrected chi connectivity index (χ3v) is 11.7. The Morgan fingerprint density at radius 3 is 1.57 bits per heavy atom. The number of carbonyl (C=O) groups is 2. The van der Waals surface area contributed by atoms with Gasteiger partial charge in [0.25, 0.3) is 0 Å². The third kappa shape index (κ3) is 12.4. The van der Waals surface area contributed by atoms with Gasteiger partial charge in [-0.25, -0.2) is 4.18 Å². The number of rotatable bonds is 16. The Kier molecular flexibility index (Phi) is 18.7. The van der Waals surface area contributed by atoms with Crippen LogP contribution in [0.3, 0.4) is 0 Å². The van der Waals surface area contributed by atoms with E-state index in [-0.39, 0.29) is 0 Å². The summed E-state index contributed by atoms with van der Waals surface area (Å²) < 4.78 is 89.4. The summed E-state index contributed by atoms with van der Waals surface area (Å²) in [4.78, 5) is 24.4. The molecule has 31 heteroatoms. The number of hydrogen-bond acceptors (Lipinski definition) is 27. The molecule has 5 fully saturated rings. The van der Waals surface area contributed by atoms with Crippen molar-refractivity contribution in [3.8, 4) is 0 Å². The first-order valence-electron chi connectivity index (χ1n) is 20.1. The molecule has 5 heterocycles. The van der Waals surface area contributed by atoms with Gasteiger partial charge in [0, 0.05) is 13.8 Å². The molecule has 0 unspecified atom stereocenters. The summed E-state index contributed by atoms with van der Waals surface area (Å²) in [6, 6.07) is -3.27. The molecule has 0 aromatic heterocycles. The molecule has 0 radical (unpaired) electrons. The molecule has 0 aliphatic carbocycles. The van der Waals surface area contributed by atoms with Crippen molar-refractivity contribution in [2.24, 2.45) is 0 Å². The van der Waals surface area contributed by atoms with E-state index in [2.05, 4.69) is 14.8 Å². The van der Waals surface area contributed by atoms with Gasteiger partial charge in [-0.3, -0.25) is 14.1 Å². The Morgan fingerprint density at radius 2 is 0.985 bits per heavy atom. The molecule has 5 aliphatic heterocycles. The van der Waals surface area contributed by atoms with E-state index in [0.29, 0.717) is 0 Å². The molecular weight excluding hydrogens is 916 g/mol. The summed E-state index contributed by atoms with van der Waals surface area (Å²) in [5, 5.41) is 144. The SMILES string of the molecule is CC(=O)N[C@@H]1[C@@H](O[C@@H]2O[C@H](CO[C@@H]3O[C@H](CO)[C@@H](O)[C@H](O)[C@H]3NC(C)=O)[C@H](O)[C@H](O[C@@H]3O[C@H](CO)[C@H](O)[C@H](OS(=O)(=O)O)[C@H]3O)[C@H]2O[C@@H]2O[C@@H](C)[C@@H](O)[C@@H](O)[C@@H]2O)[C@@H](O)[C@@H](CO)O[C@H]1O. The minimum atomic E-state index is -5.47. The topological polar surface area (TPSA) is 468 Å². The first kappa shape index (κ1) is 53.9. The fourth-order valence-electron chi connectivity index (χ4n) is 7.89. The third-order valence-electron chi connectivity index (χ3n) is 11.3. The van der Waals surface area contributed by atoms with Crippen LogP contribution >= 0.6 is 0 Å². The van der Waals surface area contributed by atoms with Crippen LogP contribution in [0.1, 0.15) is 20.8 Å². The predicted octanol–water partition coefficient (Wildman–Crippen LogP) is -10.8. The first-order valence-corrected chi connectivity index (χ1v) is 21.5. The molecule has 30 nitrogen and oxygen atoms in total. The molecule has 16 N–H and O–H groups in total. The summed E-state index contributed by atoms with van der Waals surface area (Å²) >= 11 is 0. The molecule has 0 bridgehead atoms. The van der Waals surface area contributed by atoms with Gasteiger partial charge in [0.05, 0.1) is 32.5 Å². The molecule has 65 heavy (non-hydrogen) atoms. The number of nitrogens with one attached hydrogen (secondary N) is 2. The first-order chi connectivity index (χ1) is 30.4. The minimum absolute atomic E-state index is 0.753. The van der Waals surface area contributed by atoms with Crippen LogP contribution < -0.4 is 10.6 Å². The number of aliphatic hydroxyl groups excluding tert-OH is 13. The lowest BCUT2D eigenvalue weighted by atomic mass is 9.94. The summed E-state index contributed by atoms with van der Waals surface area (Å²) in [6.07, 6.45) is -45.4. The van der Waals surface area contributed by atoms with Gasteiger partial charge in [0.2, 0.25) is 11.8 Å². The lowest BCUT2D eigenvalue weighted by Gasteiger charge is -2.51. The summed E-state index contributed by atoms with van der Waals surface area (Å²) in [6.45, 7) is -0.576. The standard InChI is InChI=1S/C34H58N2O28S/c1-8-17(42)23(48)24(49)32(56-8)63-29-28(62-33-25(50)27(64-65(52,53)54)20(45)13(6-39)59-33)21(46)14(7-55-31-15(35-9(2)40)22(47)18(43)11(4-37)58-31)60-34(29)61-26-16(36-10(3)41)30(51)57-12(5-38)19(26)44/h8,11-34,37-39,42-51H,4-7H2,1-3H3,(H,35,40)(H,36,41)(H,52,53,54)/t8-,11+,12+,13+,14+,15+,16+,17+,18+,19-,20-,21-,22+,23+,24-,25+,26+,27-,28-,29+,30+,31+,32-,33-,34-/m0/s1. The molecule has 0 saturated carbocycles. The van der Waals surface area contributed by atoms with Crippen molar-refractivity contribution < 1.29 is 136 Å². The van der Waals surface area contributed by atoms with E-state index in [4.69, 9.17) is 42.6 Å². The van der Waals surface area contributed by atoms with Crippen LogP contribution in [0, 0.1) is 0 Å². The smallest absolute Gasteiger partial charge is 0.394 e. The molecule has 5 aliphatic rings. The summed E-state index contributed by atoms with van der Waals surface area (Å²) in [5.41, 5.74) is 0. The molecule has 2 amide bonds. The van der Waals surface area contributed by atoms with Crippen molar-refractivity contribution >= 4 is 22.2 Å². The second kappa shape index (κ2) is 22.6. The van der Waals surface area contributed by atoms with Crippen molar-refractivity contribution in [1.82, 2.24) is 10.6 Å². The predicted molar refractivity (Wildman–Crippen MR) is 199 cm³/mol. The molecular formula is C34H58N2O28S. The van der Waals surface area contributed by atoms with Gasteiger partial charge in [-0.15, -0.1) is 0 Å². The van der Waals surface area contributed by atoms with Gasteiger partial charge in [-0.05, 0) is 6.92 Å². The number of hydrogen-bond donors (Lipinski definition) is 16. The quantitative estimate of drug-likeness (QED) is 0.0639. The maximum atomic E-state index is 12.3. The van der Waals surface area contributed by atoms with E-state index in [0.717, 1.165) is 13.8 Å². The molecule has 0 aromatic rings. The molecule has 25 atom stereocenters. The highest BCUT2D eigenvalue weighted by atomic mass is 32.3. The summed E-state index contributed by atoms with van der Waals surface area (Å²) in [5.74, 6) is -1.57. The van der Waals surface area contributed by atoms with Crippen LogP contribution in [-0.4, -0.2) is 271 Å². The Hall–Kier alpha value is -2.07. The van der Waals surface area contributed by atoms with Crippen LogP contribution in [0.2, 0.25) is 0 Å². The average molecular weight is 975 g/mol. The highest BCUT2D eigenvalue weighted by Crippen LogP contribution is 2.37. The monoisotopic (exact) mass is 974 g/mol. The zero-order chi connectivity index (χ0) is 48.4. The lowest BCUT2D eigenvalue weighted by Crippen LogP contribution is -2.70. The van der Waals surface area contributed by atoms with Crippen LogP contribution in [0.25, 0.3) is 0 Å². The van der Waals surface area contributed by atoms with Gasteiger partial charge in [-0.2, -0.15) is 8.42 Å². The highest BCUT2D eigenvalue weighted by molar-refractivity contribution is 7.80. The second-order valence-corrected chi connectivity index (χ2v) is 17.0.